The van der Waals surface area contributed by atoms with Crippen molar-refractivity contribution < 1.29 is 22.4 Å². The number of nitrogens with one attached hydrogen (secondary N) is 2. The highest BCUT2D eigenvalue weighted by atomic mass is 32.2. The minimum atomic E-state index is -4.07. The molecule has 1 heterocycles. The van der Waals surface area contributed by atoms with Gasteiger partial charge >= 0.3 is 0 Å². The Morgan fingerprint density at radius 3 is 2.42 bits per heavy atom. The zero-order valence-corrected chi connectivity index (χ0v) is 18.8. The van der Waals surface area contributed by atoms with Crippen molar-refractivity contribution >= 4 is 33.2 Å². The Hall–Kier alpha value is -3.72. The molecule has 1 aliphatic rings. The van der Waals surface area contributed by atoms with Crippen molar-refractivity contribution in [1.29, 1.82) is 0 Å². The summed E-state index contributed by atoms with van der Waals surface area (Å²) in [6, 6.07) is 16.4. The molecule has 7 nitrogen and oxygen atoms in total. The van der Waals surface area contributed by atoms with Crippen LogP contribution in [-0.2, 0) is 14.8 Å². The first-order valence-electron chi connectivity index (χ1n) is 10.3. The molecule has 0 aliphatic carbocycles. The molecular weight excluding hydrogens is 445 g/mol. The molecule has 0 saturated heterocycles. The Morgan fingerprint density at radius 2 is 1.67 bits per heavy atom. The Balaban J connectivity index is 1.67. The molecule has 4 rings (SSSR count). The Labute approximate surface area is 191 Å². The molecule has 0 radical (unpaired) electrons. The molecule has 2 N–H and O–H groups in total. The molecule has 2 amide bonds. The number of benzene rings is 3. The summed E-state index contributed by atoms with van der Waals surface area (Å²) in [4.78, 5) is 25.4. The van der Waals surface area contributed by atoms with E-state index < -0.39 is 28.3 Å². The van der Waals surface area contributed by atoms with Gasteiger partial charge < -0.3 is 10.6 Å². The van der Waals surface area contributed by atoms with E-state index >= 15 is 0 Å². The number of sulfonamides is 1. The summed E-state index contributed by atoms with van der Waals surface area (Å²) in [6.45, 7) is 3.09. The van der Waals surface area contributed by atoms with Crippen LogP contribution >= 0.6 is 0 Å². The summed E-state index contributed by atoms with van der Waals surface area (Å²) in [5.74, 6) is -1.52. The van der Waals surface area contributed by atoms with Gasteiger partial charge in [-0.25, -0.2) is 12.8 Å². The van der Waals surface area contributed by atoms with Crippen LogP contribution in [0.2, 0.25) is 0 Å². The third-order valence-electron chi connectivity index (χ3n) is 5.13. The number of hydrogen-bond donors (Lipinski definition) is 2. The monoisotopic (exact) mass is 467 g/mol. The quantitative estimate of drug-likeness (QED) is 0.597. The van der Waals surface area contributed by atoms with E-state index in [0.29, 0.717) is 11.1 Å². The molecule has 0 bridgehead atoms. The van der Waals surface area contributed by atoms with E-state index in [4.69, 9.17) is 0 Å². The van der Waals surface area contributed by atoms with E-state index in [0.717, 1.165) is 10.4 Å². The fraction of sp³-hybridized carbons (Fsp3) is 0.167. The Kier molecular flexibility index (Phi) is 5.90. The maximum absolute atomic E-state index is 14.0. The van der Waals surface area contributed by atoms with E-state index in [-0.39, 0.29) is 33.8 Å². The number of rotatable bonds is 5. The minimum absolute atomic E-state index is 0.00684. The van der Waals surface area contributed by atoms with Crippen LogP contribution in [0.5, 0.6) is 0 Å². The standard InChI is InChI=1S/C24H22FN3O4S/c1-15(2)26-24(30)18-8-3-5-9-20(18)27-23(29)14-28-21-12-11-16(25)13-19(21)17-7-4-6-10-22(17)33(28,31)32/h3-13,15H,14H2,1-2H3,(H,26,30)(H,27,29). The van der Waals surface area contributed by atoms with E-state index in [1.807, 2.05) is 13.8 Å². The van der Waals surface area contributed by atoms with Crippen LogP contribution in [0.4, 0.5) is 15.8 Å². The van der Waals surface area contributed by atoms with Gasteiger partial charge in [-0.05, 0) is 50.2 Å². The molecule has 3 aromatic rings. The van der Waals surface area contributed by atoms with E-state index in [1.165, 1.54) is 18.2 Å². The highest BCUT2D eigenvalue weighted by molar-refractivity contribution is 7.93. The molecular formula is C24H22FN3O4S. The molecule has 0 saturated carbocycles. The predicted octanol–water partition coefficient (Wildman–Crippen LogP) is 3.78. The molecule has 9 heteroatoms. The molecule has 170 valence electrons. The Morgan fingerprint density at radius 1 is 0.970 bits per heavy atom. The van der Waals surface area contributed by atoms with Gasteiger partial charge in [0.15, 0.2) is 0 Å². The second-order valence-corrected chi connectivity index (χ2v) is 9.72. The van der Waals surface area contributed by atoms with Gasteiger partial charge in [0, 0.05) is 17.2 Å². The van der Waals surface area contributed by atoms with Crippen LogP contribution in [0.3, 0.4) is 0 Å². The number of halogens is 1. The van der Waals surface area contributed by atoms with Crippen molar-refractivity contribution in [2.75, 3.05) is 16.2 Å². The molecule has 0 atom stereocenters. The van der Waals surface area contributed by atoms with Crippen LogP contribution in [0.1, 0.15) is 24.2 Å². The highest BCUT2D eigenvalue weighted by Gasteiger charge is 2.36. The summed E-state index contributed by atoms with van der Waals surface area (Å²) in [6.07, 6.45) is 0. The Bertz CT molecular complexity index is 1360. The van der Waals surface area contributed by atoms with Crippen LogP contribution in [0.15, 0.2) is 71.6 Å². The summed E-state index contributed by atoms with van der Waals surface area (Å²) < 4.78 is 41.6. The first kappa shape index (κ1) is 22.5. The first-order chi connectivity index (χ1) is 15.7. The normalized spacial score (nSPS) is 13.8. The fourth-order valence-electron chi connectivity index (χ4n) is 3.72. The lowest BCUT2D eigenvalue weighted by Crippen LogP contribution is -2.40. The number of para-hydroxylation sites is 1. The lowest BCUT2D eigenvalue weighted by atomic mass is 10.0. The minimum Gasteiger partial charge on any atom is -0.350 e. The number of carbonyl (C=O) groups excluding carboxylic acids is 2. The van der Waals surface area contributed by atoms with Crippen LogP contribution < -0.4 is 14.9 Å². The topological polar surface area (TPSA) is 95.6 Å². The molecule has 33 heavy (non-hydrogen) atoms. The number of anilines is 2. The van der Waals surface area contributed by atoms with Gasteiger partial charge in [-0.1, -0.05) is 30.3 Å². The fourth-order valence-corrected chi connectivity index (χ4v) is 5.37. The molecule has 3 aromatic carbocycles. The lowest BCUT2D eigenvalue weighted by molar-refractivity contribution is -0.114. The SMILES string of the molecule is CC(C)NC(=O)c1ccccc1NC(=O)CN1c2ccc(F)cc2-c2ccccc2S1(=O)=O. The number of fused-ring (bicyclic) bond motifs is 3. The van der Waals surface area contributed by atoms with Crippen LogP contribution in [-0.4, -0.2) is 32.8 Å². The molecule has 0 unspecified atom stereocenters. The van der Waals surface area contributed by atoms with Gasteiger partial charge in [-0.15, -0.1) is 0 Å². The van der Waals surface area contributed by atoms with Gasteiger partial charge in [0.2, 0.25) is 5.91 Å². The van der Waals surface area contributed by atoms with Crippen molar-refractivity contribution in [3.05, 3.63) is 78.1 Å². The van der Waals surface area contributed by atoms with Gasteiger partial charge in [0.05, 0.1) is 21.8 Å². The summed E-state index contributed by atoms with van der Waals surface area (Å²) in [5.41, 5.74) is 1.48. The summed E-state index contributed by atoms with van der Waals surface area (Å²) >= 11 is 0. The predicted molar refractivity (Wildman–Crippen MR) is 124 cm³/mol. The van der Waals surface area contributed by atoms with Crippen LogP contribution in [0.25, 0.3) is 11.1 Å². The largest absolute Gasteiger partial charge is 0.350 e. The number of amides is 2. The van der Waals surface area contributed by atoms with E-state index in [9.17, 15) is 22.4 Å². The molecule has 0 spiro atoms. The van der Waals surface area contributed by atoms with Crippen molar-refractivity contribution in [2.24, 2.45) is 0 Å². The van der Waals surface area contributed by atoms with Crippen molar-refractivity contribution in [2.45, 2.75) is 24.8 Å². The number of hydrogen-bond acceptors (Lipinski definition) is 4. The first-order valence-corrected chi connectivity index (χ1v) is 11.7. The van der Waals surface area contributed by atoms with E-state index in [1.54, 1.807) is 42.5 Å². The molecule has 0 fully saturated rings. The molecule has 1 aliphatic heterocycles. The zero-order valence-electron chi connectivity index (χ0n) is 18.0. The van der Waals surface area contributed by atoms with Crippen molar-refractivity contribution in [3.63, 3.8) is 0 Å². The van der Waals surface area contributed by atoms with E-state index in [2.05, 4.69) is 10.6 Å². The van der Waals surface area contributed by atoms with Gasteiger partial charge in [0.25, 0.3) is 15.9 Å². The number of carbonyl (C=O) groups is 2. The summed E-state index contributed by atoms with van der Waals surface area (Å²) in [7, 11) is -4.07. The second-order valence-electron chi connectivity index (χ2n) is 7.89. The molecule has 0 aromatic heterocycles. The van der Waals surface area contributed by atoms with Crippen LogP contribution in [0, 0.1) is 5.82 Å². The lowest BCUT2D eigenvalue weighted by Gasteiger charge is -2.31. The van der Waals surface area contributed by atoms with Gasteiger partial charge in [0.1, 0.15) is 12.4 Å². The van der Waals surface area contributed by atoms with Crippen molar-refractivity contribution in [3.8, 4) is 11.1 Å². The second kappa shape index (κ2) is 8.67. The third kappa shape index (κ3) is 4.31. The van der Waals surface area contributed by atoms with Gasteiger partial charge in [-0.2, -0.15) is 0 Å². The average molecular weight is 468 g/mol. The summed E-state index contributed by atoms with van der Waals surface area (Å²) in [5, 5.41) is 5.40. The number of nitrogens with zero attached hydrogens (tertiary/aromatic N) is 1. The zero-order chi connectivity index (χ0) is 23.8. The smallest absolute Gasteiger partial charge is 0.265 e. The third-order valence-corrected chi connectivity index (χ3v) is 6.94. The average Bonchev–Trinajstić information content (AvgIpc) is 2.77. The van der Waals surface area contributed by atoms with Crippen molar-refractivity contribution in [1.82, 2.24) is 5.32 Å². The highest BCUT2D eigenvalue weighted by Crippen LogP contribution is 2.43. The maximum Gasteiger partial charge on any atom is 0.265 e. The van der Waals surface area contributed by atoms with Gasteiger partial charge in [-0.3, -0.25) is 13.9 Å². The maximum atomic E-state index is 14.0.